The average molecular weight is 287 g/mol. The summed E-state index contributed by atoms with van der Waals surface area (Å²) in [7, 11) is 0. The van der Waals surface area contributed by atoms with Crippen LogP contribution in [0.4, 0.5) is 0 Å². The van der Waals surface area contributed by atoms with E-state index in [0.717, 1.165) is 11.3 Å². The maximum absolute atomic E-state index is 11.8. The molecule has 0 saturated carbocycles. The average Bonchev–Trinajstić information content (AvgIpc) is 2.89. The first-order chi connectivity index (χ1) is 8.56. The molecule has 0 unspecified atom stereocenters. The Hall–Kier alpha value is -1.07. The predicted octanol–water partition coefficient (Wildman–Crippen LogP) is 2.20. The van der Waals surface area contributed by atoms with Gasteiger partial charge in [-0.2, -0.15) is 0 Å². The van der Waals surface area contributed by atoms with Crippen LogP contribution in [0.25, 0.3) is 0 Å². The summed E-state index contributed by atoms with van der Waals surface area (Å²) in [5.74, 6) is -0.0563. The molecule has 2 amide bonds. The molecule has 1 atom stereocenters. The van der Waals surface area contributed by atoms with E-state index in [9.17, 15) is 9.59 Å². The van der Waals surface area contributed by atoms with Crippen molar-refractivity contribution < 1.29 is 9.59 Å². The Bertz CT molecular complexity index is 461. The van der Waals surface area contributed by atoms with Gasteiger partial charge in [-0.25, -0.2) is 0 Å². The van der Waals surface area contributed by atoms with Crippen LogP contribution in [-0.4, -0.2) is 29.8 Å². The van der Waals surface area contributed by atoms with Crippen LogP contribution in [0.1, 0.15) is 30.7 Å². The number of nitrogens with zero attached hydrogens (tertiary/aromatic N) is 1. The van der Waals surface area contributed by atoms with E-state index in [4.69, 9.17) is 11.6 Å². The molecule has 0 spiro atoms. The summed E-state index contributed by atoms with van der Waals surface area (Å²) in [6, 6.07) is 3.64. The van der Waals surface area contributed by atoms with E-state index in [0.29, 0.717) is 17.3 Å². The Labute approximate surface area is 115 Å². The van der Waals surface area contributed by atoms with E-state index in [1.807, 2.05) is 19.1 Å². The Balaban J connectivity index is 1.85. The van der Waals surface area contributed by atoms with Gasteiger partial charge in [0.05, 0.1) is 16.9 Å². The van der Waals surface area contributed by atoms with Crippen molar-refractivity contribution in [1.82, 2.24) is 10.2 Å². The van der Waals surface area contributed by atoms with Crippen molar-refractivity contribution in [1.29, 1.82) is 0 Å². The third-order valence-electron chi connectivity index (χ3n) is 2.90. The Morgan fingerprint density at radius 3 is 2.94 bits per heavy atom. The largest absolute Gasteiger partial charge is 0.347 e. The first-order valence-corrected chi connectivity index (χ1v) is 7.08. The molecule has 2 rings (SSSR count). The monoisotopic (exact) mass is 286 g/mol. The Kier molecular flexibility index (Phi) is 4.24. The zero-order valence-corrected chi connectivity index (χ0v) is 11.7. The molecule has 2 heterocycles. The molecule has 1 aliphatic rings. The molecular formula is C12H15ClN2O2S. The summed E-state index contributed by atoms with van der Waals surface area (Å²) >= 11 is 7.30. The third-order valence-corrected chi connectivity index (χ3v) is 4.32. The number of thiophene rings is 1. The van der Waals surface area contributed by atoms with Crippen LogP contribution in [0.2, 0.25) is 4.34 Å². The summed E-state index contributed by atoms with van der Waals surface area (Å²) in [5, 5.41) is 2.88. The zero-order valence-electron chi connectivity index (χ0n) is 10.1. The SMILES string of the molecule is C[C@H](NC(=O)CN1CCCC1=O)c1ccc(Cl)s1. The molecule has 98 valence electrons. The highest BCUT2D eigenvalue weighted by Crippen LogP contribution is 2.26. The highest BCUT2D eigenvalue weighted by molar-refractivity contribution is 7.16. The van der Waals surface area contributed by atoms with Gasteiger partial charge in [0.25, 0.3) is 0 Å². The second kappa shape index (κ2) is 5.71. The van der Waals surface area contributed by atoms with Crippen LogP contribution in [0.3, 0.4) is 0 Å². The number of carbonyl (C=O) groups excluding carboxylic acids is 2. The minimum Gasteiger partial charge on any atom is -0.347 e. The number of hydrogen-bond acceptors (Lipinski definition) is 3. The first-order valence-electron chi connectivity index (χ1n) is 5.88. The maximum atomic E-state index is 11.8. The van der Waals surface area contributed by atoms with Gasteiger partial charge in [0.1, 0.15) is 0 Å². The quantitative estimate of drug-likeness (QED) is 0.922. The lowest BCUT2D eigenvalue weighted by molar-refractivity contribution is -0.133. The molecule has 0 radical (unpaired) electrons. The molecule has 18 heavy (non-hydrogen) atoms. The number of carbonyl (C=O) groups is 2. The highest BCUT2D eigenvalue weighted by Gasteiger charge is 2.23. The van der Waals surface area contributed by atoms with E-state index in [2.05, 4.69) is 5.32 Å². The summed E-state index contributed by atoms with van der Waals surface area (Å²) in [5.41, 5.74) is 0. The molecule has 0 aliphatic carbocycles. The number of nitrogens with one attached hydrogen (secondary N) is 1. The van der Waals surface area contributed by atoms with Crippen LogP contribution < -0.4 is 5.32 Å². The zero-order chi connectivity index (χ0) is 13.1. The molecule has 1 aromatic heterocycles. The summed E-state index contributed by atoms with van der Waals surface area (Å²) < 4.78 is 0.709. The van der Waals surface area contributed by atoms with E-state index in [1.54, 1.807) is 4.90 Å². The molecule has 1 aliphatic heterocycles. The van der Waals surface area contributed by atoms with Crippen LogP contribution in [0, 0.1) is 0 Å². The molecule has 6 heteroatoms. The molecule has 1 saturated heterocycles. The van der Waals surface area contributed by atoms with Gasteiger partial charge in [-0.05, 0) is 25.5 Å². The molecule has 1 fully saturated rings. The lowest BCUT2D eigenvalue weighted by Crippen LogP contribution is -2.38. The van der Waals surface area contributed by atoms with Crippen molar-refractivity contribution in [3.63, 3.8) is 0 Å². The van der Waals surface area contributed by atoms with Crippen molar-refractivity contribution in [2.75, 3.05) is 13.1 Å². The Morgan fingerprint density at radius 1 is 1.61 bits per heavy atom. The van der Waals surface area contributed by atoms with Gasteiger partial charge in [0, 0.05) is 17.8 Å². The van der Waals surface area contributed by atoms with Crippen molar-refractivity contribution in [2.24, 2.45) is 0 Å². The topological polar surface area (TPSA) is 49.4 Å². The van der Waals surface area contributed by atoms with Crippen LogP contribution in [0.5, 0.6) is 0 Å². The van der Waals surface area contributed by atoms with Gasteiger partial charge in [-0.15, -0.1) is 11.3 Å². The number of amides is 2. The lowest BCUT2D eigenvalue weighted by atomic mass is 10.2. The number of halogens is 1. The normalized spacial score (nSPS) is 17.0. The van der Waals surface area contributed by atoms with Crippen molar-refractivity contribution in [3.05, 3.63) is 21.3 Å². The van der Waals surface area contributed by atoms with E-state index >= 15 is 0 Å². The molecule has 4 nitrogen and oxygen atoms in total. The van der Waals surface area contributed by atoms with Crippen LogP contribution in [-0.2, 0) is 9.59 Å². The number of likely N-dealkylation sites (tertiary alicyclic amines) is 1. The van der Waals surface area contributed by atoms with E-state index < -0.39 is 0 Å². The Morgan fingerprint density at radius 2 is 2.39 bits per heavy atom. The van der Waals surface area contributed by atoms with Crippen molar-refractivity contribution >= 4 is 34.8 Å². The smallest absolute Gasteiger partial charge is 0.240 e. The van der Waals surface area contributed by atoms with Gasteiger partial charge < -0.3 is 10.2 Å². The number of hydrogen-bond donors (Lipinski definition) is 1. The molecule has 1 aromatic rings. The lowest BCUT2D eigenvalue weighted by Gasteiger charge is -2.17. The van der Waals surface area contributed by atoms with Gasteiger partial charge in [-0.3, -0.25) is 9.59 Å². The molecule has 1 N–H and O–H groups in total. The minimum atomic E-state index is -0.123. The third kappa shape index (κ3) is 3.23. The summed E-state index contributed by atoms with van der Waals surface area (Å²) in [6.07, 6.45) is 1.41. The van der Waals surface area contributed by atoms with Crippen LogP contribution >= 0.6 is 22.9 Å². The van der Waals surface area contributed by atoms with E-state index in [-0.39, 0.29) is 24.4 Å². The van der Waals surface area contributed by atoms with Gasteiger partial charge in [0.2, 0.25) is 11.8 Å². The standard InChI is InChI=1S/C12H15ClN2O2S/c1-8(9-4-5-10(13)18-9)14-11(16)7-15-6-2-3-12(15)17/h4-5,8H,2-3,6-7H2,1H3,(H,14,16)/t8-/m0/s1. The molecule has 0 aromatic carbocycles. The summed E-state index contributed by atoms with van der Waals surface area (Å²) in [4.78, 5) is 25.8. The highest BCUT2D eigenvalue weighted by atomic mass is 35.5. The fraction of sp³-hybridized carbons (Fsp3) is 0.500. The van der Waals surface area contributed by atoms with Crippen molar-refractivity contribution in [3.8, 4) is 0 Å². The molecular weight excluding hydrogens is 272 g/mol. The van der Waals surface area contributed by atoms with Gasteiger partial charge in [-0.1, -0.05) is 11.6 Å². The van der Waals surface area contributed by atoms with Crippen LogP contribution in [0.15, 0.2) is 12.1 Å². The number of rotatable bonds is 4. The second-order valence-corrected chi connectivity index (χ2v) is 6.10. The fourth-order valence-electron chi connectivity index (χ4n) is 1.96. The predicted molar refractivity (Wildman–Crippen MR) is 71.7 cm³/mol. The molecule has 0 bridgehead atoms. The fourth-order valence-corrected chi connectivity index (χ4v) is 3.03. The minimum absolute atomic E-state index is 0.0666. The maximum Gasteiger partial charge on any atom is 0.240 e. The van der Waals surface area contributed by atoms with Crippen molar-refractivity contribution in [2.45, 2.75) is 25.8 Å². The van der Waals surface area contributed by atoms with Gasteiger partial charge >= 0.3 is 0 Å². The summed E-state index contributed by atoms with van der Waals surface area (Å²) in [6.45, 7) is 2.75. The second-order valence-electron chi connectivity index (χ2n) is 4.35. The van der Waals surface area contributed by atoms with E-state index in [1.165, 1.54) is 11.3 Å². The first kappa shape index (κ1) is 13.4. The van der Waals surface area contributed by atoms with Gasteiger partial charge in [0.15, 0.2) is 0 Å².